The van der Waals surface area contributed by atoms with E-state index in [9.17, 15) is 5.11 Å². The fraction of sp³-hybridized carbons (Fsp3) is 1.00. The second kappa shape index (κ2) is 5.83. The van der Waals surface area contributed by atoms with Crippen LogP contribution in [0.4, 0.5) is 0 Å². The van der Waals surface area contributed by atoms with E-state index in [4.69, 9.17) is 23.6 Å². The summed E-state index contributed by atoms with van der Waals surface area (Å²) in [6, 6.07) is 0. The highest BCUT2D eigenvalue weighted by atomic mass is 32.7. The minimum absolute atomic E-state index is 0.291. The van der Waals surface area contributed by atoms with Gasteiger partial charge in [0.1, 0.15) is 5.34 Å². The van der Waals surface area contributed by atoms with Gasteiger partial charge in [0.2, 0.25) is 0 Å². The van der Waals surface area contributed by atoms with Gasteiger partial charge in [0.25, 0.3) is 0 Å². The van der Waals surface area contributed by atoms with Crippen molar-refractivity contribution >= 4 is 29.1 Å². The van der Waals surface area contributed by atoms with Crippen molar-refractivity contribution in [2.75, 3.05) is 13.6 Å². The molecule has 1 rings (SSSR count). The molecule has 3 atom stereocenters. The Labute approximate surface area is 103 Å². The number of hydrogen-bond acceptors (Lipinski definition) is 4. The average Bonchev–Trinajstić information content (AvgIpc) is 2.18. The van der Waals surface area contributed by atoms with E-state index in [1.54, 1.807) is 0 Å². The van der Waals surface area contributed by atoms with Crippen molar-refractivity contribution in [2.45, 2.75) is 37.9 Å². The molecule has 0 aliphatic heterocycles. The van der Waals surface area contributed by atoms with Crippen LogP contribution in [-0.2, 0) is 23.6 Å². The monoisotopic (exact) mass is 265 g/mol. The Morgan fingerprint density at radius 1 is 1.40 bits per heavy atom. The summed E-state index contributed by atoms with van der Waals surface area (Å²) < 4.78 is 0. The number of nitrogens with one attached hydrogen (secondary N) is 1. The molecule has 1 aliphatic carbocycles. The molecule has 0 heterocycles. The highest BCUT2D eigenvalue weighted by Gasteiger charge is 2.41. The standard InChI is InChI=1S/C10H20NOPS2/c1-8-5-3-4-6-9(8)10(12,7-11-2)13(14)15/h8-9,11-12H,3-7H2,1-2H3. The molecule has 0 radical (unpaired) electrons. The Morgan fingerprint density at radius 3 is 2.47 bits per heavy atom. The summed E-state index contributed by atoms with van der Waals surface area (Å²) >= 11 is 10.4. The Hall–Kier alpha value is 0.660. The van der Waals surface area contributed by atoms with Gasteiger partial charge in [0.05, 0.1) is 0 Å². The van der Waals surface area contributed by atoms with Crippen LogP contribution in [0.25, 0.3) is 0 Å². The molecular weight excluding hydrogens is 245 g/mol. The lowest BCUT2D eigenvalue weighted by molar-refractivity contribution is 0.0236. The van der Waals surface area contributed by atoms with Crippen LogP contribution < -0.4 is 5.32 Å². The molecule has 0 aromatic carbocycles. The molecule has 0 aromatic rings. The Bertz CT molecular complexity index is 275. The second-order valence-corrected chi connectivity index (χ2v) is 8.71. The van der Waals surface area contributed by atoms with Crippen LogP contribution in [0.15, 0.2) is 0 Å². The van der Waals surface area contributed by atoms with Gasteiger partial charge in [0, 0.05) is 17.9 Å². The molecule has 1 fully saturated rings. The molecule has 2 N–H and O–H groups in total. The van der Waals surface area contributed by atoms with E-state index in [2.05, 4.69) is 12.2 Å². The summed E-state index contributed by atoms with van der Waals surface area (Å²) in [6.45, 7) is 2.76. The maximum atomic E-state index is 10.6. The molecule has 0 bridgehead atoms. The summed E-state index contributed by atoms with van der Waals surface area (Å²) in [5.74, 6) is 0.841. The number of hydrogen-bond donors (Lipinski definition) is 2. The lowest BCUT2D eigenvalue weighted by Crippen LogP contribution is -2.45. The minimum atomic E-state index is -1.14. The van der Waals surface area contributed by atoms with Crippen LogP contribution in [0.3, 0.4) is 0 Å². The number of rotatable bonds is 4. The van der Waals surface area contributed by atoms with Crippen molar-refractivity contribution in [3.05, 3.63) is 0 Å². The maximum absolute atomic E-state index is 10.6. The maximum Gasteiger partial charge on any atom is 0.137 e. The van der Waals surface area contributed by atoms with Gasteiger partial charge in [-0.1, -0.05) is 26.2 Å². The van der Waals surface area contributed by atoms with Gasteiger partial charge in [-0.15, -0.1) is 0 Å². The first kappa shape index (κ1) is 13.7. The molecular formula is C10H20NOPS2. The van der Waals surface area contributed by atoms with E-state index in [-0.39, 0.29) is 0 Å². The summed E-state index contributed by atoms with van der Waals surface area (Å²) in [6.07, 6.45) is 4.75. The Balaban J connectivity index is 2.86. The molecule has 0 spiro atoms. The van der Waals surface area contributed by atoms with Crippen LogP contribution in [0.1, 0.15) is 32.6 Å². The first-order valence-electron chi connectivity index (χ1n) is 5.54. The first-order chi connectivity index (χ1) is 7.02. The normalized spacial score (nSPS) is 30.9. The summed E-state index contributed by atoms with van der Waals surface area (Å²) in [5, 5.41) is 12.9. The highest BCUT2D eigenvalue weighted by Crippen LogP contribution is 2.44. The molecule has 5 heteroatoms. The van der Waals surface area contributed by atoms with Crippen LogP contribution in [-0.4, -0.2) is 24.0 Å². The van der Waals surface area contributed by atoms with E-state index in [1.807, 2.05) is 7.05 Å². The van der Waals surface area contributed by atoms with Gasteiger partial charge in [-0.3, -0.25) is 0 Å². The van der Waals surface area contributed by atoms with Gasteiger partial charge in [-0.25, -0.2) is 0 Å². The van der Waals surface area contributed by atoms with E-state index >= 15 is 0 Å². The van der Waals surface area contributed by atoms with Crippen LogP contribution >= 0.6 is 5.47 Å². The van der Waals surface area contributed by atoms with Gasteiger partial charge < -0.3 is 10.4 Å². The molecule has 0 saturated heterocycles. The summed E-state index contributed by atoms with van der Waals surface area (Å²) in [5.41, 5.74) is -1.14. The van der Waals surface area contributed by atoms with Crippen molar-refractivity contribution < 1.29 is 5.11 Å². The molecule has 3 unspecified atom stereocenters. The summed E-state index contributed by atoms with van der Waals surface area (Å²) in [4.78, 5) is 0. The van der Waals surface area contributed by atoms with E-state index in [0.29, 0.717) is 18.4 Å². The van der Waals surface area contributed by atoms with Gasteiger partial charge in [-0.2, -0.15) is 0 Å². The third-order valence-electron chi connectivity index (χ3n) is 3.46. The lowest BCUT2D eigenvalue weighted by Gasteiger charge is -2.39. The average molecular weight is 265 g/mol. The quantitative estimate of drug-likeness (QED) is 0.763. The van der Waals surface area contributed by atoms with Crippen molar-refractivity contribution in [2.24, 2.45) is 11.8 Å². The molecule has 0 amide bonds. The van der Waals surface area contributed by atoms with Crippen LogP contribution in [0.5, 0.6) is 0 Å². The van der Waals surface area contributed by atoms with E-state index < -0.39 is 10.8 Å². The van der Waals surface area contributed by atoms with Gasteiger partial charge in [-0.05, 0) is 43.0 Å². The topological polar surface area (TPSA) is 32.3 Å². The lowest BCUT2D eigenvalue weighted by atomic mass is 9.77. The fourth-order valence-corrected chi connectivity index (χ4v) is 4.74. The summed E-state index contributed by atoms with van der Waals surface area (Å²) in [7, 11) is 1.85. The SMILES string of the molecule is CNCC(O)(C1CCCCC1C)P(=S)=S. The second-order valence-electron chi connectivity index (χ2n) is 4.53. The molecule has 2 nitrogen and oxygen atoms in total. The number of likely N-dealkylation sites (N-methyl/N-ethyl adjacent to an activating group) is 1. The fourth-order valence-electron chi connectivity index (χ4n) is 2.59. The molecule has 15 heavy (non-hydrogen) atoms. The van der Waals surface area contributed by atoms with Crippen molar-refractivity contribution in [3.63, 3.8) is 0 Å². The van der Waals surface area contributed by atoms with Gasteiger partial charge >= 0.3 is 0 Å². The zero-order valence-electron chi connectivity index (χ0n) is 9.40. The predicted octanol–water partition coefficient (Wildman–Crippen LogP) is 2.13. The number of aliphatic hydroxyl groups is 1. The third-order valence-corrected chi connectivity index (χ3v) is 6.48. The first-order valence-corrected chi connectivity index (χ1v) is 8.90. The third kappa shape index (κ3) is 3.07. The van der Waals surface area contributed by atoms with Crippen molar-refractivity contribution in [1.29, 1.82) is 0 Å². The predicted molar refractivity (Wildman–Crippen MR) is 71.6 cm³/mol. The van der Waals surface area contributed by atoms with E-state index in [1.165, 1.54) is 19.3 Å². The van der Waals surface area contributed by atoms with Crippen molar-refractivity contribution in [1.82, 2.24) is 5.32 Å². The highest BCUT2D eigenvalue weighted by molar-refractivity contribution is 8.25. The molecule has 1 saturated carbocycles. The molecule has 0 aromatic heterocycles. The zero-order valence-corrected chi connectivity index (χ0v) is 11.9. The minimum Gasteiger partial charge on any atom is -0.378 e. The van der Waals surface area contributed by atoms with Gasteiger partial charge in [0.15, 0.2) is 0 Å². The molecule has 88 valence electrons. The largest absolute Gasteiger partial charge is 0.378 e. The van der Waals surface area contributed by atoms with E-state index in [0.717, 1.165) is 6.42 Å². The Kier molecular flexibility index (Phi) is 5.33. The zero-order chi connectivity index (χ0) is 11.5. The molecule has 1 aliphatic rings. The van der Waals surface area contributed by atoms with Crippen LogP contribution in [0.2, 0.25) is 0 Å². The smallest absolute Gasteiger partial charge is 0.137 e. The van der Waals surface area contributed by atoms with Crippen LogP contribution in [0, 0.1) is 11.8 Å². The Morgan fingerprint density at radius 2 is 2.00 bits per heavy atom. The van der Waals surface area contributed by atoms with Crippen molar-refractivity contribution in [3.8, 4) is 0 Å².